The van der Waals surface area contributed by atoms with E-state index >= 15 is 0 Å². The zero-order chi connectivity index (χ0) is 22.1. The number of halogens is 1. The first-order valence-electron chi connectivity index (χ1n) is 9.26. The Hall–Kier alpha value is -3.42. The van der Waals surface area contributed by atoms with Gasteiger partial charge < -0.3 is 5.32 Å². The van der Waals surface area contributed by atoms with E-state index in [1.807, 2.05) is 39.8 Å². The Morgan fingerprint density at radius 2 is 1.60 bits per heavy atom. The first-order chi connectivity index (χ1) is 14.2. The highest BCUT2D eigenvalue weighted by atomic mass is 79.9. The van der Waals surface area contributed by atoms with Gasteiger partial charge in [-0.15, -0.1) is 0 Å². The SMILES string of the molecule is Cc1cc(C#N)cc(C)c1C(C)(C)c1nc(Nc2ccc(C#N)cc2)[nH]c(=O)c1Br. The maximum Gasteiger partial charge on any atom is 0.266 e. The molecule has 0 aliphatic rings. The third kappa shape index (κ3) is 3.98. The van der Waals surface area contributed by atoms with E-state index in [9.17, 15) is 10.1 Å². The van der Waals surface area contributed by atoms with Crippen LogP contribution in [0.4, 0.5) is 11.6 Å². The minimum absolute atomic E-state index is 0.298. The monoisotopic (exact) mass is 461 g/mol. The fraction of sp³-hybridized carbons (Fsp3) is 0.217. The number of anilines is 2. The lowest BCUT2D eigenvalue weighted by Crippen LogP contribution is -2.28. The number of aromatic amines is 1. The molecule has 0 radical (unpaired) electrons. The number of nitrogens with one attached hydrogen (secondary N) is 2. The Morgan fingerprint density at radius 1 is 1.03 bits per heavy atom. The first-order valence-corrected chi connectivity index (χ1v) is 10.1. The predicted molar refractivity (Wildman–Crippen MR) is 120 cm³/mol. The van der Waals surface area contributed by atoms with Crippen molar-refractivity contribution in [1.29, 1.82) is 10.5 Å². The number of rotatable bonds is 4. The highest BCUT2D eigenvalue weighted by molar-refractivity contribution is 9.10. The summed E-state index contributed by atoms with van der Waals surface area (Å²) in [6.45, 7) is 7.93. The normalized spacial score (nSPS) is 10.9. The smallest absolute Gasteiger partial charge is 0.266 e. The van der Waals surface area contributed by atoms with Crippen molar-refractivity contribution in [3.8, 4) is 12.1 Å². The molecule has 1 aromatic heterocycles. The van der Waals surface area contributed by atoms with Crippen LogP contribution in [0.3, 0.4) is 0 Å². The fourth-order valence-corrected chi connectivity index (χ4v) is 4.51. The van der Waals surface area contributed by atoms with Crippen LogP contribution >= 0.6 is 15.9 Å². The van der Waals surface area contributed by atoms with Gasteiger partial charge in [-0.3, -0.25) is 9.78 Å². The second-order valence-corrected chi connectivity index (χ2v) is 8.41. The van der Waals surface area contributed by atoms with E-state index in [2.05, 4.69) is 38.4 Å². The second kappa shape index (κ2) is 8.14. The molecule has 0 aliphatic carbocycles. The lowest BCUT2D eigenvalue weighted by molar-refractivity contribution is 0.601. The quantitative estimate of drug-likeness (QED) is 0.570. The van der Waals surface area contributed by atoms with Crippen LogP contribution in [0.2, 0.25) is 0 Å². The van der Waals surface area contributed by atoms with E-state index < -0.39 is 5.41 Å². The van der Waals surface area contributed by atoms with Gasteiger partial charge in [0.05, 0.1) is 29.0 Å². The standard InChI is InChI=1S/C23H20BrN5O/c1-13-9-16(12-26)10-14(2)18(13)23(3,4)20-19(24)21(30)29-22(28-20)27-17-7-5-15(11-25)6-8-17/h5-10H,1-4H3,(H2,27,28,29,30). The van der Waals surface area contributed by atoms with Gasteiger partial charge in [-0.1, -0.05) is 13.8 Å². The number of aryl methyl sites for hydroxylation is 2. The predicted octanol–water partition coefficient (Wildman–Crippen LogP) is 4.96. The summed E-state index contributed by atoms with van der Waals surface area (Å²) in [4.78, 5) is 20.1. The molecule has 1 heterocycles. The zero-order valence-electron chi connectivity index (χ0n) is 17.1. The third-order valence-corrected chi connectivity index (χ3v) is 5.75. The largest absolute Gasteiger partial charge is 0.326 e. The van der Waals surface area contributed by atoms with Gasteiger partial charge in [-0.05, 0) is 82.9 Å². The molecule has 30 heavy (non-hydrogen) atoms. The van der Waals surface area contributed by atoms with Crippen LogP contribution in [-0.2, 0) is 5.41 Å². The average molecular weight is 462 g/mol. The van der Waals surface area contributed by atoms with Crippen molar-refractivity contribution in [3.63, 3.8) is 0 Å². The van der Waals surface area contributed by atoms with Gasteiger partial charge in [0.2, 0.25) is 5.95 Å². The molecule has 0 unspecified atom stereocenters. The molecule has 0 spiro atoms. The first kappa shape index (κ1) is 21.3. The van der Waals surface area contributed by atoms with Gasteiger partial charge in [-0.2, -0.15) is 10.5 Å². The van der Waals surface area contributed by atoms with E-state index in [1.54, 1.807) is 24.3 Å². The van der Waals surface area contributed by atoms with Crippen molar-refractivity contribution in [3.05, 3.63) is 84.7 Å². The van der Waals surface area contributed by atoms with Crippen molar-refractivity contribution in [2.24, 2.45) is 0 Å². The maximum absolute atomic E-state index is 12.6. The van der Waals surface area contributed by atoms with Crippen LogP contribution in [0.15, 0.2) is 45.7 Å². The van der Waals surface area contributed by atoms with Gasteiger partial charge in [0.1, 0.15) is 4.47 Å². The Kier molecular flexibility index (Phi) is 5.78. The molecule has 2 N–H and O–H groups in total. The number of nitriles is 2. The summed E-state index contributed by atoms with van der Waals surface area (Å²) >= 11 is 3.41. The molecule has 0 atom stereocenters. The van der Waals surface area contributed by atoms with Gasteiger partial charge in [0.15, 0.2) is 0 Å². The summed E-state index contributed by atoms with van der Waals surface area (Å²) in [5.41, 5.74) is 4.48. The van der Waals surface area contributed by atoms with Crippen LogP contribution in [0.5, 0.6) is 0 Å². The van der Waals surface area contributed by atoms with Crippen LogP contribution < -0.4 is 10.9 Å². The van der Waals surface area contributed by atoms with Crippen LogP contribution in [0.1, 0.15) is 47.4 Å². The summed E-state index contributed by atoms with van der Waals surface area (Å²) < 4.78 is 0.362. The minimum Gasteiger partial charge on any atom is -0.326 e. The Morgan fingerprint density at radius 3 is 2.13 bits per heavy atom. The Bertz CT molecular complexity index is 1240. The van der Waals surface area contributed by atoms with E-state index in [0.717, 1.165) is 16.7 Å². The van der Waals surface area contributed by atoms with Crippen LogP contribution in [0.25, 0.3) is 0 Å². The van der Waals surface area contributed by atoms with Crippen LogP contribution in [-0.4, -0.2) is 9.97 Å². The molecule has 0 amide bonds. The van der Waals surface area contributed by atoms with Crippen molar-refractivity contribution >= 4 is 27.6 Å². The van der Waals surface area contributed by atoms with Gasteiger partial charge in [-0.25, -0.2) is 4.98 Å². The molecule has 0 saturated carbocycles. The number of benzene rings is 2. The number of nitrogens with zero attached hydrogens (tertiary/aromatic N) is 3. The summed E-state index contributed by atoms with van der Waals surface area (Å²) in [6, 6.07) is 14.8. The molecule has 150 valence electrons. The number of aromatic nitrogens is 2. The Labute approximate surface area is 183 Å². The fourth-order valence-electron chi connectivity index (χ4n) is 3.83. The molecule has 6 nitrogen and oxygen atoms in total. The summed E-state index contributed by atoms with van der Waals surface area (Å²) in [7, 11) is 0. The van der Waals surface area contributed by atoms with Crippen molar-refractivity contribution in [1.82, 2.24) is 9.97 Å². The summed E-state index contributed by atoms with van der Waals surface area (Å²) in [6.07, 6.45) is 0. The van der Waals surface area contributed by atoms with E-state index in [-0.39, 0.29) is 5.56 Å². The lowest BCUT2D eigenvalue weighted by Gasteiger charge is -2.29. The topological polar surface area (TPSA) is 105 Å². The molecular formula is C23H20BrN5O. The van der Waals surface area contributed by atoms with Crippen molar-refractivity contribution in [2.45, 2.75) is 33.1 Å². The molecule has 3 rings (SSSR count). The van der Waals surface area contributed by atoms with E-state index in [4.69, 9.17) is 10.2 Å². The van der Waals surface area contributed by atoms with Crippen molar-refractivity contribution in [2.75, 3.05) is 5.32 Å². The van der Waals surface area contributed by atoms with E-state index in [0.29, 0.717) is 32.9 Å². The highest BCUT2D eigenvalue weighted by Gasteiger charge is 2.32. The highest BCUT2D eigenvalue weighted by Crippen LogP contribution is 2.38. The molecule has 0 bridgehead atoms. The molecular weight excluding hydrogens is 442 g/mol. The average Bonchev–Trinajstić information content (AvgIpc) is 2.70. The molecule has 2 aromatic carbocycles. The molecule has 3 aromatic rings. The van der Waals surface area contributed by atoms with Gasteiger partial charge in [0, 0.05) is 11.1 Å². The molecule has 7 heteroatoms. The zero-order valence-corrected chi connectivity index (χ0v) is 18.7. The number of hydrogen-bond acceptors (Lipinski definition) is 5. The van der Waals surface area contributed by atoms with Gasteiger partial charge in [0.25, 0.3) is 5.56 Å². The summed E-state index contributed by atoms with van der Waals surface area (Å²) in [5.74, 6) is 0.305. The second-order valence-electron chi connectivity index (χ2n) is 7.61. The third-order valence-electron chi connectivity index (χ3n) is 5.02. The molecule has 0 fully saturated rings. The molecule has 0 aliphatic heterocycles. The number of hydrogen-bond donors (Lipinski definition) is 2. The van der Waals surface area contributed by atoms with Crippen molar-refractivity contribution < 1.29 is 0 Å². The van der Waals surface area contributed by atoms with Crippen LogP contribution in [0, 0.1) is 36.5 Å². The number of H-pyrrole nitrogens is 1. The maximum atomic E-state index is 12.6. The lowest BCUT2D eigenvalue weighted by atomic mass is 9.76. The van der Waals surface area contributed by atoms with E-state index in [1.165, 1.54) is 0 Å². The summed E-state index contributed by atoms with van der Waals surface area (Å²) in [5, 5.41) is 21.3. The Balaban J connectivity index is 2.10. The minimum atomic E-state index is -0.601. The van der Waals surface area contributed by atoms with Gasteiger partial charge >= 0.3 is 0 Å². The molecule has 0 saturated heterocycles.